The first-order valence-corrected chi connectivity index (χ1v) is 4.78. The van der Waals surface area contributed by atoms with Gasteiger partial charge in [0.2, 0.25) is 0 Å². The lowest BCUT2D eigenvalue weighted by Gasteiger charge is -2.03. The van der Waals surface area contributed by atoms with Gasteiger partial charge in [0.1, 0.15) is 11.6 Å². The Bertz CT molecular complexity index is 506. The Hall–Kier alpha value is -2.10. The average molecular weight is 219 g/mol. The Morgan fingerprint density at radius 2 is 2.19 bits per heavy atom. The molecule has 1 amide bonds. The molecule has 2 aromatic rings. The highest BCUT2D eigenvalue weighted by Crippen LogP contribution is 2.24. The molecule has 0 fully saturated rings. The lowest BCUT2D eigenvalue weighted by Crippen LogP contribution is -2.17. The van der Waals surface area contributed by atoms with Crippen molar-refractivity contribution in [3.8, 4) is 11.3 Å². The molecule has 16 heavy (non-hydrogen) atoms. The van der Waals surface area contributed by atoms with Crippen molar-refractivity contribution in [2.75, 3.05) is 7.05 Å². The molecule has 1 N–H and O–H groups in total. The summed E-state index contributed by atoms with van der Waals surface area (Å²) in [6.07, 6.45) is 1.46. The van der Waals surface area contributed by atoms with E-state index in [0.717, 1.165) is 0 Å². The fraction of sp³-hybridized carbons (Fsp3) is 0.0833. The first kappa shape index (κ1) is 10.4. The maximum absolute atomic E-state index is 13.5. The number of nitrogens with one attached hydrogen (secondary N) is 1. The summed E-state index contributed by atoms with van der Waals surface area (Å²) in [6.45, 7) is 0. The number of carbonyl (C=O) groups is 1. The largest absolute Gasteiger partial charge is 0.464 e. The van der Waals surface area contributed by atoms with Crippen molar-refractivity contribution in [2.24, 2.45) is 0 Å². The molecule has 82 valence electrons. The van der Waals surface area contributed by atoms with Gasteiger partial charge < -0.3 is 9.73 Å². The maximum atomic E-state index is 13.5. The summed E-state index contributed by atoms with van der Waals surface area (Å²) in [4.78, 5) is 11.4. The lowest BCUT2D eigenvalue weighted by molar-refractivity contribution is 0.0963. The van der Waals surface area contributed by atoms with E-state index in [9.17, 15) is 9.18 Å². The molecule has 2 rings (SSSR count). The molecule has 0 saturated carbocycles. The predicted octanol–water partition coefficient (Wildman–Crippen LogP) is 2.45. The Labute approximate surface area is 91.9 Å². The van der Waals surface area contributed by atoms with E-state index in [4.69, 9.17) is 4.42 Å². The van der Waals surface area contributed by atoms with Crippen LogP contribution in [0.5, 0.6) is 0 Å². The van der Waals surface area contributed by atoms with E-state index < -0.39 is 5.82 Å². The molecule has 1 aromatic carbocycles. The minimum absolute atomic E-state index is 0.257. The van der Waals surface area contributed by atoms with Gasteiger partial charge in [0.05, 0.1) is 11.8 Å². The molecule has 0 radical (unpaired) electrons. The van der Waals surface area contributed by atoms with Gasteiger partial charge in [-0.1, -0.05) is 0 Å². The maximum Gasteiger partial charge on any atom is 0.251 e. The minimum atomic E-state index is -0.414. The quantitative estimate of drug-likeness (QED) is 0.842. The number of benzene rings is 1. The molecular weight excluding hydrogens is 209 g/mol. The topological polar surface area (TPSA) is 42.2 Å². The fourth-order valence-corrected chi connectivity index (χ4v) is 1.43. The van der Waals surface area contributed by atoms with Crippen molar-refractivity contribution in [2.45, 2.75) is 0 Å². The zero-order chi connectivity index (χ0) is 11.5. The number of carbonyl (C=O) groups excluding carboxylic acids is 1. The highest BCUT2D eigenvalue weighted by atomic mass is 19.1. The third-order valence-electron chi connectivity index (χ3n) is 2.24. The molecule has 0 aliphatic carbocycles. The van der Waals surface area contributed by atoms with Crippen LogP contribution in [0.25, 0.3) is 11.3 Å². The van der Waals surface area contributed by atoms with Crippen molar-refractivity contribution in [3.63, 3.8) is 0 Å². The molecular formula is C12H10FNO2. The van der Waals surface area contributed by atoms with Crippen LogP contribution < -0.4 is 5.32 Å². The van der Waals surface area contributed by atoms with E-state index in [1.807, 2.05) is 0 Å². The highest BCUT2D eigenvalue weighted by Gasteiger charge is 2.11. The van der Waals surface area contributed by atoms with E-state index in [1.54, 1.807) is 12.1 Å². The Balaban J connectivity index is 2.49. The van der Waals surface area contributed by atoms with Crippen molar-refractivity contribution < 1.29 is 13.6 Å². The van der Waals surface area contributed by atoms with Crippen molar-refractivity contribution >= 4 is 5.91 Å². The van der Waals surface area contributed by atoms with E-state index in [-0.39, 0.29) is 11.5 Å². The van der Waals surface area contributed by atoms with E-state index in [2.05, 4.69) is 5.32 Å². The minimum Gasteiger partial charge on any atom is -0.464 e. The fourth-order valence-electron chi connectivity index (χ4n) is 1.43. The zero-order valence-corrected chi connectivity index (χ0v) is 8.66. The molecule has 3 nitrogen and oxygen atoms in total. The van der Waals surface area contributed by atoms with Gasteiger partial charge in [-0.15, -0.1) is 0 Å². The van der Waals surface area contributed by atoms with Crippen LogP contribution in [0.3, 0.4) is 0 Å². The van der Waals surface area contributed by atoms with Crippen LogP contribution in [0.15, 0.2) is 41.0 Å². The molecule has 0 atom stereocenters. The third-order valence-corrected chi connectivity index (χ3v) is 2.24. The third kappa shape index (κ3) is 1.82. The first-order valence-electron chi connectivity index (χ1n) is 4.78. The summed E-state index contributed by atoms with van der Waals surface area (Å²) in [5.74, 6) is -0.265. The van der Waals surface area contributed by atoms with Gasteiger partial charge in [-0.2, -0.15) is 0 Å². The molecule has 0 spiro atoms. The second-order valence-corrected chi connectivity index (χ2v) is 3.25. The molecule has 0 bridgehead atoms. The van der Waals surface area contributed by atoms with Gasteiger partial charge in [0.15, 0.2) is 0 Å². The number of amides is 1. The summed E-state index contributed by atoms with van der Waals surface area (Å²) in [5.41, 5.74) is 0.682. The van der Waals surface area contributed by atoms with Gasteiger partial charge in [0, 0.05) is 12.6 Å². The number of hydrogen-bond donors (Lipinski definition) is 1. The molecule has 0 aliphatic heterocycles. The normalized spacial score (nSPS) is 10.1. The Kier molecular flexibility index (Phi) is 2.72. The second-order valence-electron chi connectivity index (χ2n) is 3.25. The summed E-state index contributed by atoms with van der Waals surface area (Å²) in [6, 6.07) is 7.46. The number of hydrogen-bond acceptors (Lipinski definition) is 2. The van der Waals surface area contributed by atoms with Crippen molar-refractivity contribution in [1.82, 2.24) is 5.32 Å². The van der Waals surface area contributed by atoms with Crippen molar-refractivity contribution in [1.29, 1.82) is 0 Å². The zero-order valence-electron chi connectivity index (χ0n) is 8.66. The predicted molar refractivity (Wildman–Crippen MR) is 57.5 cm³/mol. The summed E-state index contributed by atoms with van der Waals surface area (Å²) < 4.78 is 18.6. The molecule has 1 heterocycles. The van der Waals surface area contributed by atoms with Crippen molar-refractivity contribution in [3.05, 3.63) is 48.0 Å². The van der Waals surface area contributed by atoms with E-state index in [0.29, 0.717) is 11.3 Å². The van der Waals surface area contributed by atoms with Crippen LogP contribution in [0.1, 0.15) is 10.4 Å². The summed E-state index contributed by atoms with van der Waals surface area (Å²) in [7, 11) is 1.53. The molecule has 4 heteroatoms. The van der Waals surface area contributed by atoms with Gasteiger partial charge in [-0.3, -0.25) is 4.79 Å². The smallest absolute Gasteiger partial charge is 0.251 e. The second kappa shape index (κ2) is 4.18. The summed E-state index contributed by atoms with van der Waals surface area (Å²) in [5, 5.41) is 2.48. The number of halogens is 1. The highest BCUT2D eigenvalue weighted by molar-refractivity contribution is 5.95. The van der Waals surface area contributed by atoms with Gasteiger partial charge in [-0.25, -0.2) is 4.39 Å². The van der Waals surface area contributed by atoms with Crippen LogP contribution in [0.2, 0.25) is 0 Å². The Morgan fingerprint density at radius 3 is 2.81 bits per heavy atom. The number of rotatable bonds is 2. The lowest BCUT2D eigenvalue weighted by atomic mass is 10.1. The SMILES string of the molecule is CNC(=O)c1ccc(F)c(-c2ccco2)c1. The molecule has 0 unspecified atom stereocenters. The van der Waals surface area contributed by atoms with Crippen LogP contribution in [0.4, 0.5) is 4.39 Å². The molecule has 0 saturated heterocycles. The van der Waals surface area contributed by atoms with Crippen LogP contribution in [0, 0.1) is 5.82 Å². The van der Waals surface area contributed by atoms with Gasteiger partial charge >= 0.3 is 0 Å². The number of furan rings is 1. The van der Waals surface area contributed by atoms with Crippen LogP contribution in [-0.4, -0.2) is 13.0 Å². The Morgan fingerprint density at radius 1 is 1.38 bits per heavy atom. The summed E-state index contributed by atoms with van der Waals surface area (Å²) >= 11 is 0. The first-order chi connectivity index (χ1) is 7.72. The molecule has 1 aromatic heterocycles. The van der Waals surface area contributed by atoms with Crippen LogP contribution in [-0.2, 0) is 0 Å². The average Bonchev–Trinajstić information content (AvgIpc) is 2.82. The van der Waals surface area contributed by atoms with E-state index >= 15 is 0 Å². The van der Waals surface area contributed by atoms with Crippen LogP contribution >= 0.6 is 0 Å². The van der Waals surface area contributed by atoms with Gasteiger partial charge in [0.25, 0.3) is 5.91 Å². The molecule has 0 aliphatic rings. The monoisotopic (exact) mass is 219 g/mol. The standard InChI is InChI=1S/C12H10FNO2/c1-14-12(15)8-4-5-10(13)9(7-8)11-3-2-6-16-11/h2-7H,1H3,(H,14,15). The van der Waals surface area contributed by atoms with E-state index in [1.165, 1.54) is 31.5 Å². The van der Waals surface area contributed by atoms with Gasteiger partial charge in [-0.05, 0) is 30.3 Å².